The zero-order valence-electron chi connectivity index (χ0n) is 19.5. The Kier molecular flexibility index (Phi) is 6.24. The van der Waals surface area contributed by atoms with E-state index in [0.29, 0.717) is 11.4 Å². The molecule has 4 rings (SSSR count). The van der Waals surface area contributed by atoms with Gasteiger partial charge in [0.05, 0.1) is 35.3 Å². The Morgan fingerprint density at radius 1 is 0.714 bits per heavy atom. The molecular weight excluding hydrogens is 444 g/mol. The van der Waals surface area contributed by atoms with E-state index >= 15 is 0 Å². The molecule has 2 aromatic rings. The summed E-state index contributed by atoms with van der Waals surface area (Å²) in [7, 11) is 0. The van der Waals surface area contributed by atoms with Gasteiger partial charge in [0.25, 0.3) is 0 Å². The molecule has 2 heterocycles. The van der Waals surface area contributed by atoms with Gasteiger partial charge in [-0.2, -0.15) is 10.5 Å². The number of hydrogen-bond acceptors (Lipinski definition) is 6. The smallest absolute Gasteiger partial charge is 0.240 e. The van der Waals surface area contributed by atoms with Crippen molar-refractivity contribution in [3.8, 4) is 12.1 Å². The van der Waals surface area contributed by atoms with E-state index < -0.39 is 53.7 Å². The molecule has 0 bridgehead atoms. The zero-order valence-corrected chi connectivity index (χ0v) is 19.5. The largest absolute Gasteiger partial charge is 0.274 e. The first-order valence-corrected chi connectivity index (χ1v) is 11.5. The Balaban J connectivity index is 1.68. The van der Waals surface area contributed by atoms with Crippen molar-refractivity contribution < 1.29 is 19.2 Å². The Hall–Kier alpha value is -4.30. The maximum absolute atomic E-state index is 13.4. The quantitative estimate of drug-likeness (QED) is 0.600. The van der Waals surface area contributed by atoms with Crippen molar-refractivity contribution in [1.29, 1.82) is 10.5 Å². The summed E-state index contributed by atoms with van der Waals surface area (Å²) in [6, 6.07) is 17.5. The number of benzene rings is 2. The lowest BCUT2D eigenvalue weighted by Crippen LogP contribution is -2.44. The highest BCUT2D eigenvalue weighted by atomic mass is 16.2. The molecule has 2 aliphatic rings. The summed E-state index contributed by atoms with van der Waals surface area (Å²) in [5.41, 5.74) is 0.576. The second-order valence-corrected chi connectivity index (χ2v) is 8.78. The van der Waals surface area contributed by atoms with Gasteiger partial charge in [0.1, 0.15) is 0 Å². The lowest BCUT2D eigenvalue weighted by atomic mass is 9.67. The van der Waals surface area contributed by atoms with Crippen LogP contribution in [0, 0.1) is 39.9 Å². The van der Waals surface area contributed by atoms with Crippen molar-refractivity contribution in [3.63, 3.8) is 0 Å². The third-order valence-electron chi connectivity index (χ3n) is 6.97. The van der Waals surface area contributed by atoms with Gasteiger partial charge < -0.3 is 0 Å². The van der Waals surface area contributed by atoms with E-state index in [9.17, 15) is 29.7 Å². The molecule has 2 fully saturated rings. The van der Waals surface area contributed by atoms with Crippen LogP contribution in [0.15, 0.2) is 48.5 Å². The number of imide groups is 2. The number of carbonyl (C=O) groups excluding carboxylic acids is 4. The molecule has 0 N–H and O–H groups in total. The second kappa shape index (κ2) is 9.15. The van der Waals surface area contributed by atoms with Crippen molar-refractivity contribution in [2.45, 2.75) is 39.5 Å². The van der Waals surface area contributed by atoms with Gasteiger partial charge in [-0.25, -0.2) is 0 Å². The van der Waals surface area contributed by atoms with Gasteiger partial charge in [0, 0.05) is 12.8 Å². The summed E-state index contributed by atoms with van der Waals surface area (Å²) >= 11 is 0. The van der Waals surface area contributed by atoms with Crippen molar-refractivity contribution in [1.82, 2.24) is 0 Å². The van der Waals surface area contributed by atoms with E-state index in [-0.39, 0.29) is 0 Å². The summed E-state index contributed by atoms with van der Waals surface area (Å²) in [5, 5.41) is 20.2. The first-order chi connectivity index (χ1) is 16.8. The fraction of sp³-hybridized carbons (Fsp3) is 0.333. The number of rotatable bonds is 6. The van der Waals surface area contributed by atoms with Crippen molar-refractivity contribution >= 4 is 35.0 Å². The normalized spacial score (nSPS) is 20.3. The minimum atomic E-state index is -2.16. The standard InChI is InChI=1S/C27H24N4O4/c1-3-17-5-9-19(10-6-17)30-23(32)13-21(25(30)34)27(15-28,16-29)22-14-24(33)31(26(22)35)20-11-7-18(4-2)8-12-20/h5-12,21-22H,3-4,13-14H2,1-2H3/t21-,22+. The van der Waals surface area contributed by atoms with E-state index in [1.54, 1.807) is 48.5 Å². The minimum Gasteiger partial charge on any atom is -0.274 e. The lowest BCUT2D eigenvalue weighted by molar-refractivity contribution is -0.126. The molecule has 0 aromatic heterocycles. The summed E-state index contributed by atoms with van der Waals surface area (Å²) in [6.45, 7) is 3.96. The SMILES string of the molecule is CCc1ccc(N2C(=O)C[C@@H](C(C#N)(C#N)[C@H]3CC(=O)N(c4ccc(CC)cc4)C3=O)C2=O)cc1. The molecule has 0 unspecified atom stereocenters. The number of anilines is 2. The van der Waals surface area contributed by atoms with Gasteiger partial charge in [-0.3, -0.25) is 29.0 Å². The van der Waals surface area contributed by atoms with Crippen LogP contribution in [-0.4, -0.2) is 23.6 Å². The summed E-state index contributed by atoms with van der Waals surface area (Å²) in [5.74, 6) is -5.26. The zero-order chi connectivity index (χ0) is 25.3. The van der Waals surface area contributed by atoms with Crippen LogP contribution in [0.1, 0.15) is 37.8 Å². The molecule has 0 spiro atoms. The highest BCUT2D eigenvalue weighted by molar-refractivity contribution is 6.24. The Bertz CT molecular complexity index is 1180. The van der Waals surface area contributed by atoms with Gasteiger partial charge in [-0.05, 0) is 48.2 Å². The Morgan fingerprint density at radius 2 is 1.06 bits per heavy atom. The van der Waals surface area contributed by atoms with Crippen LogP contribution in [0.5, 0.6) is 0 Å². The maximum Gasteiger partial charge on any atom is 0.240 e. The average Bonchev–Trinajstić information content (AvgIpc) is 3.35. The first kappa shape index (κ1) is 23.8. The minimum absolute atomic E-state index is 0.343. The Morgan fingerprint density at radius 3 is 1.34 bits per heavy atom. The fourth-order valence-electron chi connectivity index (χ4n) is 4.86. The van der Waals surface area contributed by atoms with Crippen LogP contribution in [0.3, 0.4) is 0 Å². The molecule has 8 heteroatoms. The van der Waals surface area contributed by atoms with E-state index in [1.165, 1.54) is 0 Å². The van der Waals surface area contributed by atoms with Gasteiger partial charge in [0.2, 0.25) is 23.6 Å². The van der Waals surface area contributed by atoms with Crippen LogP contribution >= 0.6 is 0 Å². The van der Waals surface area contributed by atoms with Gasteiger partial charge in [0.15, 0.2) is 5.41 Å². The lowest BCUT2D eigenvalue weighted by Gasteiger charge is -2.28. The summed E-state index contributed by atoms with van der Waals surface area (Å²) in [4.78, 5) is 54.4. The predicted molar refractivity (Wildman–Crippen MR) is 126 cm³/mol. The van der Waals surface area contributed by atoms with Crippen molar-refractivity contribution in [2.24, 2.45) is 17.3 Å². The molecule has 2 atom stereocenters. The number of nitriles is 2. The summed E-state index contributed by atoms with van der Waals surface area (Å²) in [6.07, 6.45) is 0.788. The molecule has 2 aliphatic heterocycles. The monoisotopic (exact) mass is 468 g/mol. The topological polar surface area (TPSA) is 122 Å². The fourth-order valence-corrected chi connectivity index (χ4v) is 4.86. The number of aryl methyl sites for hydroxylation is 2. The van der Waals surface area contributed by atoms with Crippen molar-refractivity contribution in [3.05, 3.63) is 59.7 Å². The van der Waals surface area contributed by atoms with E-state index in [1.807, 2.05) is 26.0 Å². The number of amides is 4. The van der Waals surface area contributed by atoms with Crippen LogP contribution in [-0.2, 0) is 32.0 Å². The van der Waals surface area contributed by atoms with E-state index in [4.69, 9.17) is 0 Å². The number of hydrogen-bond donors (Lipinski definition) is 0. The maximum atomic E-state index is 13.4. The van der Waals surface area contributed by atoms with Crippen LogP contribution in [0.25, 0.3) is 0 Å². The molecule has 4 amide bonds. The number of carbonyl (C=O) groups is 4. The Labute approximate surface area is 203 Å². The van der Waals surface area contributed by atoms with Gasteiger partial charge in [-0.1, -0.05) is 38.1 Å². The van der Waals surface area contributed by atoms with Gasteiger partial charge in [-0.15, -0.1) is 0 Å². The molecule has 8 nitrogen and oxygen atoms in total. The average molecular weight is 469 g/mol. The molecule has 0 radical (unpaired) electrons. The van der Waals surface area contributed by atoms with Gasteiger partial charge >= 0.3 is 0 Å². The van der Waals surface area contributed by atoms with Crippen LogP contribution in [0.2, 0.25) is 0 Å². The highest BCUT2D eigenvalue weighted by Gasteiger charge is 2.62. The highest BCUT2D eigenvalue weighted by Crippen LogP contribution is 2.47. The summed E-state index contributed by atoms with van der Waals surface area (Å²) < 4.78 is 0. The van der Waals surface area contributed by atoms with E-state index in [0.717, 1.165) is 33.8 Å². The molecule has 35 heavy (non-hydrogen) atoms. The van der Waals surface area contributed by atoms with E-state index in [2.05, 4.69) is 0 Å². The molecule has 2 saturated heterocycles. The molecule has 0 saturated carbocycles. The van der Waals surface area contributed by atoms with Crippen LogP contribution in [0.4, 0.5) is 11.4 Å². The third kappa shape index (κ3) is 3.77. The first-order valence-electron chi connectivity index (χ1n) is 11.5. The molecule has 2 aromatic carbocycles. The van der Waals surface area contributed by atoms with Crippen LogP contribution < -0.4 is 9.80 Å². The molecule has 176 valence electrons. The third-order valence-corrected chi connectivity index (χ3v) is 6.97. The van der Waals surface area contributed by atoms with Crippen molar-refractivity contribution in [2.75, 3.05) is 9.80 Å². The second-order valence-electron chi connectivity index (χ2n) is 8.78. The number of nitrogens with zero attached hydrogens (tertiary/aromatic N) is 4. The molecule has 0 aliphatic carbocycles. The molecular formula is C27H24N4O4. The predicted octanol–water partition coefficient (Wildman–Crippen LogP) is 3.30.